The van der Waals surface area contributed by atoms with E-state index < -0.39 is 6.16 Å². The number of pyridine rings is 2. The minimum Gasteiger partial charge on any atom is -0.449 e. The number of carbonyl (C=O) groups is 1. The van der Waals surface area contributed by atoms with E-state index in [1.54, 1.807) is 42.6 Å². The number of carboxylic acid groups (broad SMARTS) is 1. The van der Waals surface area contributed by atoms with Crippen molar-refractivity contribution in [1.29, 1.82) is 0 Å². The molecule has 5 nitrogen and oxygen atoms in total. The van der Waals surface area contributed by atoms with Crippen LogP contribution in [-0.2, 0) is 0 Å². The van der Waals surface area contributed by atoms with Gasteiger partial charge in [0.25, 0.3) is 5.56 Å². The minimum atomic E-state index is -1.46. The van der Waals surface area contributed by atoms with Gasteiger partial charge in [-0.2, -0.15) is 0 Å². The van der Waals surface area contributed by atoms with Crippen LogP contribution >= 0.6 is 11.6 Å². The van der Waals surface area contributed by atoms with Gasteiger partial charge in [0.1, 0.15) is 0 Å². The molecule has 0 aliphatic carbocycles. The number of hydrogen-bond donors (Lipinski definition) is 1. The van der Waals surface area contributed by atoms with Crippen molar-refractivity contribution in [2.45, 2.75) is 0 Å². The van der Waals surface area contributed by atoms with Crippen molar-refractivity contribution >= 4 is 34.0 Å². The highest BCUT2D eigenvalue weighted by Gasteiger charge is 2.16. The molecule has 6 heteroatoms. The minimum absolute atomic E-state index is 0.0730. The van der Waals surface area contributed by atoms with E-state index in [4.69, 9.17) is 21.4 Å². The summed E-state index contributed by atoms with van der Waals surface area (Å²) in [6.45, 7) is 0. The predicted octanol–water partition coefficient (Wildman–Crippen LogP) is 4.83. The van der Waals surface area contributed by atoms with Gasteiger partial charge in [-0.3, -0.25) is 9.20 Å². The molecule has 4 aromatic rings. The second kappa shape index (κ2) is 6.20. The standard InChI is InChI=1S/C20H12ClNO4/c21-14-7-6-13-8-9-22-18(15(13)10-14)17(26-20(24)25)11-16(19(22)23)12-4-2-1-3-5-12/h1-11H,(H,24,25). The number of rotatable bonds is 2. The Morgan fingerprint density at radius 1 is 1.04 bits per heavy atom. The number of benzene rings is 2. The first-order valence-corrected chi connectivity index (χ1v) is 8.16. The van der Waals surface area contributed by atoms with Gasteiger partial charge in [-0.15, -0.1) is 0 Å². The Labute approximate surface area is 152 Å². The van der Waals surface area contributed by atoms with Crippen LogP contribution in [0.3, 0.4) is 0 Å². The van der Waals surface area contributed by atoms with E-state index in [1.807, 2.05) is 18.2 Å². The van der Waals surface area contributed by atoms with E-state index in [9.17, 15) is 9.59 Å². The quantitative estimate of drug-likeness (QED) is 0.408. The summed E-state index contributed by atoms with van der Waals surface area (Å²) in [6.07, 6.45) is 0.151. The molecule has 1 N–H and O–H groups in total. The summed E-state index contributed by atoms with van der Waals surface area (Å²) in [4.78, 5) is 24.2. The van der Waals surface area contributed by atoms with E-state index in [1.165, 1.54) is 10.5 Å². The average molecular weight is 366 g/mol. The topological polar surface area (TPSA) is 68.0 Å². The molecule has 2 aromatic heterocycles. The molecule has 2 aromatic carbocycles. The zero-order valence-corrected chi connectivity index (χ0v) is 14.1. The largest absolute Gasteiger partial charge is 0.511 e. The first-order chi connectivity index (χ1) is 12.5. The van der Waals surface area contributed by atoms with Gasteiger partial charge in [-0.1, -0.05) is 48.0 Å². The fraction of sp³-hybridized carbons (Fsp3) is 0. The molecule has 0 saturated heterocycles. The molecular formula is C20H12ClNO4. The summed E-state index contributed by atoms with van der Waals surface area (Å²) in [5, 5.41) is 11.1. The normalized spacial score (nSPS) is 11.0. The molecule has 0 amide bonds. The summed E-state index contributed by atoms with van der Waals surface area (Å²) < 4.78 is 6.39. The van der Waals surface area contributed by atoms with E-state index in [0.717, 1.165) is 5.39 Å². The molecule has 0 aliphatic rings. The van der Waals surface area contributed by atoms with Crippen LogP contribution in [0, 0.1) is 0 Å². The highest BCUT2D eigenvalue weighted by Crippen LogP contribution is 2.32. The molecule has 2 heterocycles. The summed E-state index contributed by atoms with van der Waals surface area (Å²) in [6, 6.07) is 17.5. The monoisotopic (exact) mass is 365 g/mol. The molecule has 0 atom stereocenters. The third-order valence-corrected chi connectivity index (χ3v) is 4.39. The van der Waals surface area contributed by atoms with Gasteiger partial charge in [0.2, 0.25) is 0 Å². The van der Waals surface area contributed by atoms with Gasteiger partial charge in [0.15, 0.2) is 5.75 Å². The van der Waals surface area contributed by atoms with Crippen LogP contribution < -0.4 is 10.3 Å². The predicted molar refractivity (Wildman–Crippen MR) is 100 cm³/mol. The van der Waals surface area contributed by atoms with Crippen LogP contribution in [0.15, 0.2) is 71.7 Å². The summed E-state index contributed by atoms with van der Waals surface area (Å²) >= 11 is 6.10. The number of hydrogen-bond acceptors (Lipinski definition) is 3. The highest BCUT2D eigenvalue weighted by molar-refractivity contribution is 6.31. The SMILES string of the molecule is O=C(O)Oc1cc(-c2ccccc2)c(=O)n2ccc3ccc(Cl)cc3c12. The van der Waals surface area contributed by atoms with E-state index in [2.05, 4.69) is 0 Å². The Hall–Kier alpha value is -3.31. The molecule has 0 radical (unpaired) electrons. The van der Waals surface area contributed by atoms with Crippen molar-refractivity contribution in [1.82, 2.24) is 4.40 Å². The lowest BCUT2D eigenvalue weighted by Gasteiger charge is -2.13. The molecule has 4 rings (SSSR count). The van der Waals surface area contributed by atoms with E-state index >= 15 is 0 Å². The maximum Gasteiger partial charge on any atom is 0.511 e. The Balaban J connectivity index is 2.16. The zero-order chi connectivity index (χ0) is 18.3. The maximum atomic E-state index is 13.0. The van der Waals surface area contributed by atoms with Crippen molar-refractivity contribution in [3.63, 3.8) is 0 Å². The van der Waals surface area contributed by atoms with Crippen molar-refractivity contribution in [3.8, 4) is 16.9 Å². The number of fused-ring (bicyclic) bond motifs is 3. The second-order valence-corrected chi connectivity index (χ2v) is 6.16. The molecule has 0 aliphatic heterocycles. The summed E-state index contributed by atoms with van der Waals surface area (Å²) in [7, 11) is 0. The lowest BCUT2D eigenvalue weighted by molar-refractivity contribution is 0.145. The van der Waals surface area contributed by atoms with Gasteiger partial charge in [0.05, 0.1) is 11.1 Å². The van der Waals surface area contributed by atoms with Crippen LogP contribution in [-0.4, -0.2) is 15.7 Å². The van der Waals surface area contributed by atoms with Crippen LogP contribution in [0.1, 0.15) is 0 Å². The molecule has 0 saturated carbocycles. The van der Waals surface area contributed by atoms with E-state index in [0.29, 0.717) is 27.1 Å². The van der Waals surface area contributed by atoms with Crippen molar-refractivity contribution in [2.75, 3.05) is 0 Å². The first kappa shape index (κ1) is 16.2. The number of nitrogens with zero attached hydrogens (tertiary/aromatic N) is 1. The third-order valence-electron chi connectivity index (χ3n) is 4.15. The zero-order valence-electron chi connectivity index (χ0n) is 13.3. The maximum absolute atomic E-state index is 13.0. The van der Waals surface area contributed by atoms with Crippen LogP contribution in [0.2, 0.25) is 5.02 Å². The second-order valence-electron chi connectivity index (χ2n) is 5.73. The van der Waals surface area contributed by atoms with Gasteiger partial charge in [0, 0.05) is 16.6 Å². The number of halogens is 1. The fourth-order valence-corrected chi connectivity index (χ4v) is 3.22. The number of aromatic nitrogens is 1. The number of ether oxygens (including phenoxy) is 1. The van der Waals surface area contributed by atoms with Gasteiger partial charge in [-0.25, -0.2) is 4.79 Å². The Bertz CT molecular complexity index is 1220. The average Bonchev–Trinajstić information content (AvgIpc) is 2.63. The highest BCUT2D eigenvalue weighted by atomic mass is 35.5. The lowest BCUT2D eigenvalue weighted by atomic mass is 10.0. The third kappa shape index (κ3) is 2.68. The van der Waals surface area contributed by atoms with Crippen LogP contribution in [0.5, 0.6) is 5.75 Å². The molecule has 128 valence electrons. The Morgan fingerprint density at radius 2 is 1.81 bits per heavy atom. The van der Waals surface area contributed by atoms with Crippen LogP contribution in [0.25, 0.3) is 27.4 Å². The van der Waals surface area contributed by atoms with Crippen molar-refractivity contribution < 1.29 is 14.6 Å². The van der Waals surface area contributed by atoms with E-state index in [-0.39, 0.29) is 11.3 Å². The first-order valence-electron chi connectivity index (χ1n) is 7.78. The lowest BCUT2D eigenvalue weighted by Crippen LogP contribution is -2.17. The smallest absolute Gasteiger partial charge is 0.449 e. The van der Waals surface area contributed by atoms with Crippen LogP contribution in [0.4, 0.5) is 4.79 Å². The van der Waals surface area contributed by atoms with Crippen molar-refractivity contribution in [3.05, 3.63) is 82.2 Å². The molecule has 0 spiro atoms. The molecule has 0 unspecified atom stereocenters. The molecule has 26 heavy (non-hydrogen) atoms. The Kier molecular flexibility index (Phi) is 3.86. The van der Waals surface area contributed by atoms with Crippen molar-refractivity contribution in [2.24, 2.45) is 0 Å². The summed E-state index contributed by atoms with van der Waals surface area (Å²) in [5.74, 6) is 0.0730. The summed E-state index contributed by atoms with van der Waals surface area (Å²) in [5.41, 5.74) is 1.11. The Morgan fingerprint density at radius 3 is 2.54 bits per heavy atom. The van der Waals surface area contributed by atoms with Gasteiger partial charge >= 0.3 is 6.16 Å². The molecular weight excluding hydrogens is 354 g/mol. The molecule has 0 bridgehead atoms. The molecule has 0 fully saturated rings. The van der Waals surface area contributed by atoms with Gasteiger partial charge < -0.3 is 9.84 Å². The fourth-order valence-electron chi connectivity index (χ4n) is 3.05. The van der Waals surface area contributed by atoms with Gasteiger partial charge in [-0.05, 0) is 35.2 Å².